The Hall–Kier alpha value is -2.06. The normalized spacial score (nSPS) is 10.8. The first-order chi connectivity index (χ1) is 10.1. The summed E-state index contributed by atoms with van der Waals surface area (Å²) in [4.78, 5) is 4.47. The molecule has 0 unspecified atom stereocenters. The van der Waals surface area contributed by atoms with Crippen LogP contribution >= 0.6 is 11.6 Å². The molecule has 0 atom stereocenters. The lowest BCUT2D eigenvalue weighted by molar-refractivity contribution is 0.363. The fourth-order valence-electron chi connectivity index (χ4n) is 1.82. The standard InChI is InChI=1S/C18H18ClNO/c1-4-9-21-18-8-6-15(11-17(18)19)12-20-16-7-5-13(2)14(3)10-16/h4-8,10-12H,1,9H2,2-3H3. The van der Waals surface area contributed by atoms with E-state index in [1.807, 2.05) is 24.3 Å². The monoisotopic (exact) mass is 299 g/mol. The van der Waals surface area contributed by atoms with Crippen LogP contribution in [0.5, 0.6) is 5.75 Å². The Balaban J connectivity index is 2.15. The molecular formula is C18H18ClNO. The fourth-order valence-corrected chi connectivity index (χ4v) is 2.06. The van der Waals surface area contributed by atoms with E-state index in [0.29, 0.717) is 17.4 Å². The van der Waals surface area contributed by atoms with Gasteiger partial charge in [-0.25, -0.2) is 0 Å². The van der Waals surface area contributed by atoms with Gasteiger partial charge < -0.3 is 4.74 Å². The summed E-state index contributed by atoms with van der Waals surface area (Å²) in [7, 11) is 0. The summed E-state index contributed by atoms with van der Waals surface area (Å²) in [5.41, 5.74) is 4.36. The van der Waals surface area contributed by atoms with Gasteiger partial charge in [-0.15, -0.1) is 0 Å². The zero-order chi connectivity index (χ0) is 15.2. The number of rotatable bonds is 5. The van der Waals surface area contributed by atoms with Gasteiger partial charge in [0.2, 0.25) is 0 Å². The van der Waals surface area contributed by atoms with Gasteiger partial charge in [0.1, 0.15) is 12.4 Å². The highest BCUT2D eigenvalue weighted by Crippen LogP contribution is 2.25. The molecule has 0 saturated carbocycles. The highest BCUT2D eigenvalue weighted by molar-refractivity contribution is 6.32. The van der Waals surface area contributed by atoms with Gasteiger partial charge in [0.25, 0.3) is 0 Å². The Morgan fingerprint density at radius 3 is 2.62 bits per heavy atom. The van der Waals surface area contributed by atoms with Crippen molar-refractivity contribution >= 4 is 23.5 Å². The molecule has 0 aliphatic heterocycles. The molecule has 0 saturated heterocycles. The van der Waals surface area contributed by atoms with Crippen molar-refractivity contribution in [3.8, 4) is 5.75 Å². The fraction of sp³-hybridized carbons (Fsp3) is 0.167. The van der Waals surface area contributed by atoms with Crippen LogP contribution in [0, 0.1) is 13.8 Å². The summed E-state index contributed by atoms with van der Waals surface area (Å²) in [5.74, 6) is 0.653. The van der Waals surface area contributed by atoms with Crippen molar-refractivity contribution < 1.29 is 4.74 Å². The maximum atomic E-state index is 6.17. The van der Waals surface area contributed by atoms with Crippen LogP contribution in [0.25, 0.3) is 0 Å². The van der Waals surface area contributed by atoms with Crippen LogP contribution in [0.4, 0.5) is 5.69 Å². The largest absolute Gasteiger partial charge is 0.488 e. The molecule has 21 heavy (non-hydrogen) atoms. The third kappa shape index (κ3) is 4.20. The molecule has 0 spiro atoms. The summed E-state index contributed by atoms with van der Waals surface area (Å²) in [6.07, 6.45) is 3.48. The van der Waals surface area contributed by atoms with Crippen molar-refractivity contribution in [1.29, 1.82) is 0 Å². The second-order valence-electron chi connectivity index (χ2n) is 4.82. The number of nitrogens with zero attached hydrogens (tertiary/aromatic N) is 1. The molecule has 0 bridgehead atoms. The minimum absolute atomic E-state index is 0.440. The predicted octanol–water partition coefficient (Wildman–Crippen LogP) is 5.27. The first-order valence-electron chi connectivity index (χ1n) is 6.74. The summed E-state index contributed by atoms with van der Waals surface area (Å²) in [6.45, 7) is 8.22. The average molecular weight is 300 g/mol. The molecule has 2 rings (SSSR count). The second kappa shape index (κ2) is 7.09. The lowest BCUT2D eigenvalue weighted by Crippen LogP contribution is -1.94. The Labute approximate surface area is 130 Å². The van der Waals surface area contributed by atoms with E-state index in [1.54, 1.807) is 12.3 Å². The lowest BCUT2D eigenvalue weighted by atomic mass is 10.1. The molecule has 0 aliphatic rings. The first-order valence-corrected chi connectivity index (χ1v) is 7.12. The van der Waals surface area contributed by atoms with Gasteiger partial charge in [0.15, 0.2) is 0 Å². The summed E-state index contributed by atoms with van der Waals surface area (Å²) in [5, 5.41) is 0.570. The summed E-state index contributed by atoms with van der Waals surface area (Å²) < 4.78 is 5.44. The lowest BCUT2D eigenvalue weighted by Gasteiger charge is -2.06. The molecule has 0 N–H and O–H groups in total. The Bertz CT molecular complexity index is 677. The Morgan fingerprint density at radius 2 is 1.95 bits per heavy atom. The number of benzene rings is 2. The number of hydrogen-bond acceptors (Lipinski definition) is 2. The third-order valence-corrected chi connectivity index (χ3v) is 3.46. The Kier molecular flexibility index (Phi) is 5.18. The van der Waals surface area contributed by atoms with Crippen molar-refractivity contribution in [2.75, 3.05) is 6.61 Å². The van der Waals surface area contributed by atoms with Crippen molar-refractivity contribution in [2.24, 2.45) is 4.99 Å². The van der Waals surface area contributed by atoms with Crippen LogP contribution in [0.3, 0.4) is 0 Å². The quantitative estimate of drug-likeness (QED) is 0.544. The number of halogens is 1. The van der Waals surface area contributed by atoms with Crippen molar-refractivity contribution in [3.05, 3.63) is 70.8 Å². The molecule has 0 amide bonds. The minimum atomic E-state index is 0.440. The number of aryl methyl sites for hydroxylation is 2. The van der Waals surface area contributed by atoms with E-state index in [9.17, 15) is 0 Å². The Morgan fingerprint density at radius 1 is 1.14 bits per heavy atom. The van der Waals surface area contributed by atoms with Crippen LogP contribution in [-0.2, 0) is 0 Å². The van der Waals surface area contributed by atoms with Gasteiger partial charge in [0, 0.05) is 6.21 Å². The van der Waals surface area contributed by atoms with Gasteiger partial charge in [0.05, 0.1) is 10.7 Å². The maximum Gasteiger partial charge on any atom is 0.138 e. The van der Waals surface area contributed by atoms with Crippen molar-refractivity contribution in [2.45, 2.75) is 13.8 Å². The van der Waals surface area contributed by atoms with E-state index in [2.05, 4.69) is 37.6 Å². The van der Waals surface area contributed by atoms with E-state index < -0.39 is 0 Å². The van der Waals surface area contributed by atoms with Gasteiger partial charge in [-0.05, 0) is 60.9 Å². The molecule has 0 aliphatic carbocycles. The topological polar surface area (TPSA) is 21.6 Å². The maximum absolute atomic E-state index is 6.17. The SMILES string of the molecule is C=CCOc1ccc(C=Nc2ccc(C)c(C)c2)cc1Cl. The summed E-state index contributed by atoms with van der Waals surface area (Å²) in [6, 6.07) is 11.7. The molecule has 2 aromatic carbocycles. The molecule has 3 heteroatoms. The van der Waals surface area contributed by atoms with Crippen LogP contribution in [0.1, 0.15) is 16.7 Å². The predicted molar refractivity (Wildman–Crippen MR) is 90.3 cm³/mol. The van der Waals surface area contributed by atoms with Crippen LogP contribution in [0.15, 0.2) is 54.0 Å². The average Bonchev–Trinajstić information content (AvgIpc) is 2.47. The molecule has 0 heterocycles. The van der Waals surface area contributed by atoms with Crippen molar-refractivity contribution in [3.63, 3.8) is 0 Å². The number of hydrogen-bond donors (Lipinski definition) is 0. The molecule has 2 aromatic rings. The highest BCUT2D eigenvalue weighted by Gasteiger charge is 2.01. The van der Waals surface area contributed by atoms with Gasteiger partial charge in [-0.3, -0.25) is 4.99 Å². The van der Waals surface area contributed by atoms with Gasteiger partial charge in [-0.2, -0.15) is 0 Å². The summed E-state index contributed by atoms with van der Waals surface area (Å²) >= 11 is 6.17. The van der Waals surface area contributed by atoms with Crippen molar-refractivity contribution in [1.82, 2.24) is 0 Å². The number of aliphatic imine (C=N–C) groups is 1. The first kappa shape index (κ1) is 15.3. The smallest absolute Gasteiger partial charge is 0.138 e. The van der Waals surface area contributed by atoms with Gasteiger partial charge >= 0.3 is 0 Å². The van der Waals surface area contributed by atoms with Crippen LogP contribution < -0.4 is 4.74 Å². The molecule has 2 nitrogen and oxygen atoms in total. The third-order valence-electron chi connectivity index (χ3n) is 3.17. The highest BCUT2D eigenvalue weighted by atomic mass is 35.5. The molecule has 0 radical (unpaired) electrons. The second-order valence-corrected chi connectivity index (χ2v) is 5.22. The van der Waals surface area contributed by atoms with Gasteiger partial charge in [-0.1, -0.05) is 30.3 Å². The van der Waals surface area contributed by atoms with E-state index >= 15 is 0 Å². The van der Waals surface area contributed by atoms with E-state index in [0.717, 1.165) is 11.3 Å². The molecule has 108 valence electrons. The van der Waals surface area contributed by atoms with Crippen LogP contribution in [-0.4, -0.2) is 12.8 Å². The van der Waals surface area contributed by atoms with E-state index in [4.69, 9.17) is 16.3 Å². The number of ether oxygens (including phenoxy) is 1. The zero-order valence-corrected chi connectivity index (χ0v) is 13.0. The van der Waals surface area contributed by atoms with E-state index in [-0.39, 0.29) is 0 Å². The van der Waals surface area contributed by atoms with E-state index in [1.165, 1.54) is 11.1 Å². The molecule has 0 aromatic heterocycles. The zero-order valence-electron chi connectivity index (χ0n) is 12.3. The van der Waals surface area contributed by atoms with Crippen LogP contribution in [0.2, 0.25) is 5.02 Å². The molecule has 0 fully saturated rings. The minimum Gasteiger partial charge on any atom is -0.488 e. The molecular weight excluding hydrogens is 282 g/mol.